The monoisotopic (exact) mass is 194 g/mol. The highest BCUT2D eigenvalue weighted by Gasteiger charge is 2.19. The Kier molecular flexibility index (Phi) is 4.11. The van der Waals surface area contributed by atoms with Crippen molar-refractivity contribution in [3.05, 3.63) is 35.9 Å². The molecule has 0 aliphatic heterocycles. The van der Waals surface area contributed by atoms with Gasteiger partial charge in [-0.2, -0.15) is 0 Å². The predicted molar refractivity (Wildman–Crippen MR) is 57.0 cm³/mol. The van der Waals surface area contributed by atoms with Gasteiger partial charge in [0.25, 0.3) is 0 Å². The van der Waals surface area contributed by atoms with Gasteiger partial charge < -0.3 is 9.84 Å². The third-order valence-electron chi connectivity index (χ3n) is 2.18. The molecule has 0 aromatic heterocycles. The number of ether oxygens (including phenoxy) is 1. The van der Waals surface area contributed by atoms with Crippen LogP contribution in [-0.4, -0.2) is 17.5 Å². The van der Waals surface area contributed by atoms with Crippen molar-refractivity contribution in [1.29, 1.82) is 0 Å². The molecule has 1 aromatic rings. The maximum atomic E-state index is 9.75. The third-order valence-corrected chi connectivity index (χ3v) is 2.18. The zero-order valence-electron chi connectivity index (χ0n) is 8.86. The van der Waals surface area contributed by atoms with Crippen molar-refractivity contribution in [3.63, 3.8) is 0 Å². The Hall–Kier alpha value is -0.860. The van der Waals surface area contributed by atoms with Gasteiger partial charge in [0.2, 0.25) is 0 Å². The molecule has 2 nitrogen and oxygen atoms in total. The lowest BCUT2D eigenvalue weighted by atomic mass is 10.1. The first-order chi connectivity index (χ1) is 6.64. The van der Waals surface area contributed by atoms with Crippen LogP contribution in [0.5, 0.6) is 0 Å². The molecule has 0 radical (unpaired) electrons. The van der Waals surface area contributed by atoms with E-state index >= 15 is 0 Å². The molecule has 2 heteroatoms. The summed E-state index contributed by atoms with van der Waals surface area (Å²) in [6, 6.07) is 10.1. The number of aliphatic hydroxyl groups is 1. The highest BCUT2D eigenvalue weighted by molar-refractivity contribution is 5.14. The average Bonchev–Trinajstić information content (AvgIpc) is 2.17. The van der Waals surface area contributed by atoms with Crippen LogP contribution in [0.3, 0.4) is 0 Å². The molecule has 1 aromatic carbocycles. The molecule has 0 aliphatic rings. The molecule has 0 saturated carbocycles. The van der Waals surface area contributed by atoms with Crippen LogP contribution in [0, 0.1) is 0 Å². The van der Waals surface area contributed by atoms with Gasteiger partial charge >= 0.3 is 0 Å². The number of rotatable bonds is 5. The van der Waals surface area contributed by atoms with E-state index in [0.29, 0.717) is 13.0 Å². The van der Waals surface area contributed by atoms with Gasteiger partial charge in [0, 0.05) is 13.0 Å². The fourth-order valence-electron chi connectivity index (χ4n) is 1.40. The smallest absolute Gasteiger partial charge is 0.162 e. The van der Waals surface area contributed by atoms with Gasteiger partial charge in [-0.1, -0.05) is 30.3 Å². The first kappa shape index (κ1) is 11.2. The van der Waals surface area contributed by atoms with Crippen molar-refractivity contribution in [3.8, 4) is 0 Å². The molecule has 1 unspecified atom stereocenters. The lowest BCUT2D eigenvalue weighted by molar-refractivity contribution is -0.190. The zero-order valence-corrected chi connectivity index (χ0v) is 8.86. The summed E-state index contributed by atoms with van der Waals surface area (Å²) in [6.07, 6.45) is 1.47. The van der Waals surface area contributed by atoms with Crippen LogP contribution in [-0.2, 0) is 11.2 Å². The molecule has 0 amide bonds. The average molecular weight is 194 g/mol. The SMILES string of the molecule is CCOC(C)(O)CCc1ccccc1. The quantitative estimate of drug-likeness (QED) is 0.729. The third kappa shape index (κ3) is 3.90. The van der Waals surface area contributed by atoms with Crippen LogP contribution in [0.4, 0.5) is 0 Å². The van der Waals surface area contributed by atoms with Crippen LogP contribution >= 0.6 is 0 Å². The van der Waals surface area contributed by atoms with Crippen LogP contribution in [0.2, 0.25) is 0 Å². The van der Waals surface area contributed by atoms with Gasteiger partial charge in [-0.15, -0.1) is 0 Å². The summed E-state index contributed by atoms with van der Waals surface area (Å²) in [6.45, 7) is 4.14. The minimum Gasteiger partial charge on any atom is -0.366 e. The second-order valence-corrected chi connectivity index (χ2v) is 3.59. The highest BCUT2D eigenvalue weighted by Crippen LogP contribution is 2.15. The minimum absolute atomic E-state index is 0.543. The van der Waals surface area contributed by atoms with Crippen LogP contribution in [0.1, 0.15) is 25.8 Å². The Balaban J connectivity index is 2.40. The number of hydrogen-bond acceptors (Lipinski definition) is 2. The van der Waals surface area contributed by atoms with Gasteiger partial charge in [0.15, 0.2) is 5.79 Å². The van der Waals surface area contributed by atoms with Crippen LogP contribution < -0.4 is 0 Å². The molecule has 0 saturated heterocycles. The summed E-state index contributed by atoms with van der Waals surface area (Å²) in [4.78, 5) is 0. The summed E-state index contributed by atoms with van der Waals surface area (Å²) in [5.41, 5.74) is 1.23. The number of aryl methyl sites for hydroxylation is 1. The van der Waals surface area contributed by atoms with E-state index in [-0.39, 0.29) is 0 Å². The Morgan fingerprint density at radius 2 is 1.93 bits per heavy atom. The molecule has 1 atom stereocenters. The van der Waals surface area contributed by atoms with Crippen LogP contribution in [0.15, 0.2) is 30.3 Å². The first-order valence-electron chi connectivity index (χ1n) is 5.04. The van der Waals surface area contributed by atoms with Crippen molar-refractivity contribution in [2.24, 2.45) is 0 Å². The summed E-state index contributed by atoms with van der Waals surface area (Å²) in [5.74, 6) is -0.995. The van der Waals surface area contributed by atoms with E-state index in [1.54, 1.807) is 6.92 Å². The second kappa shape index (κ2) is 5.13. The Morgan fingerprint density at radius 3 is 2.50 bits per heavy atom. The van der Waals surface area contributed by atoms with Crippen molar-refractivity contribution >= 4 is 0 Å². The number of benzene rings is 1. The molecule has 0 fully saturated rings. The van der Waals surface area contributed by atoms with Crippen molar-refractivity contribution in [1.82, 2.24) is 0 Å². The van der Waals surface area contributed by atoms with E-state index in [1.807, 2.05) is 25.1 Å². The fraction of sp³-hybridized carbons (Fsp3) is 0.500. The molecule has 1 N–H and O–H groups in total. The molecule has 0 bridgehead atoms. The first-order valence-corrected chi connectivity index (χ1v) is 5.04. The lowest BCUT2D eigenvalue weighted by Gasteiger charge is -2.22. The van der Waals surface area contributed by atoms with Gasteiger partial charge in [-0.05, 0) is 25.8 Å². The van der Waals surface area contributed by atoms with Gasteiger partial charge in [0.05, 0.1) is 0 Å². The lowest BCUT2D eigenvalue weighted by Crippen LogP contribution is -2.28. The van der Waals surface area contributed by atoms with E-state index in [2.05, 4.69) is 12.1 Å². The molecule has 0 aliphatic carbocycles. The van der Waals surface area contributed by atoms with Crippen molar-refractivity contribution in [2.45, 2.75) is 32.5 Å². The van der Waals surface area contributed by atoms with E-state index in [9.17, 15) is 5.11 Å². The Bertz CT molecular complexity index is 254. The molecule has 14 heavy (non-hydrogen) atoms. The van der Waals surface area contributed by atoms with E-state index in [0.717, 1.165) is 6.42 Å². The molecular formula is C12H18O2. The maximum Gasteiger partial charge on any atom is 0.162 e. The predicted octanol–water partition coefficient (Wildman–Crippen LogP) is 2.36. The summed E-state index contributed by atoms with van der Waals surface area (Å²) in [5, 5.41) is 9.75. The molecular weight excluding hydrogens is 176 g/mol. The Morgan fingerprint density at radius 1 is 1.29 bits per heavy atom. The Labute approximate surface area is 85.5 Å². The largest absolute Gasteiger partial charge is 0.366 e. The zero-order chi connectivity index (χ0) is 10.4. The summed E-state index contributed by atoms with van der Waals surface area (Å²) in [7, 11) is 0. The molecule has 0 spiro atoms. The molecule has 78 valence electrons. The standard InChI is InChI=1S/C12H18O2/c1-3-14-12(2,13)10-9-11-7-5-4-6-8-11/h4-8,13H,3,9-10H2,1-2H3. The van der Waals surface area contributed by atoms with Gasteiger partial charge in [-0.25, -0.2) is 0 Å². The minimum atomic E-state index is -0.995. The van der Waals surface area contributed by atoms with Gasteiger partial charge in [-0.3, -0.25) is 0 Å². The van der Waals surface area contributed by atoms with Crippen molar-refractivity contribution in [2.75, 3.05) is 6.61 Å². The van der Waals surface area contributed by atoms with E-state index < -0.39 is 5.79 Å². The highest BCUT2D eigenvalue weighted by atomic mass is 16.6. The molecule has 1 rings (SSSR count). The van der Waals surface area contributed by atoms with E-state index in [1.165, 1.54) is 5.56 Å². The molecule has 0 heterocycles. The normalized spacial score (nSPS) is 15.1. The van der Waals surface area contributed by atoms with Crippen molar-refractivity contribution < 1.29 is 9.84 Å². The van der Waals surface area contributed by atoms with E-state index in [4.69, 9.17) is 4.74 Å². The second-order valence-electron chi connectivity index (χ2n) is 3.59. The maximum absolute atomic E-state index is 9.75. The van der Waals surface area contributed by atoms with Gasteiger partial charge in [0.1, 0.15) is 0 Å². The summed E-state index contributed by atoms with van der Waals surface area (Å²) >= 11 is 0. The topological polar surface area (TPSA) is 29.5 Å². The number of hydrogen-bond donors (Lipinski definition) is 1. The fourth-order valence-corrected chi connectivity index (χ4v) is 1.40. The summed E-state index contributed by atoms with van der Waals surface area (Å²) < 4.78 is 5.21. The van der Waals surface area contributed by atoms with Crippen LogP contribution in [0.25, 0.3) is 0 Å².